The van der Waals surface area contributed by atoms with Crippen LogP contribution in [0, 0.1) is 11.8 Å². The Balaban J connectivity index is 1.51. The number of nitrogens with zero attached hydrogens (tertiary/aromatic N) is 2. The van der Waals surface area contributed by atoms with E-state index in [1.807, 2.05) is 30.3 Å². The zero-order valence-corrected chi connectivity index (χ0v) is 26.6. The van der Waals surface area contributed by atoms with Crippen LogP contribution in [0.2, 0.25) is 0 Å². The molecule has 3 unspecified atom stereocenters. The highest BCUT2D eigenvalue weighted by Gasteiger charge is 2.63. The van der Waals surface area contributed by atoms with Gasteiger partial charge in [0.25, 0.3) is 5.91 Å². The minimum absolute atomic E-state index is 0.0594. The van der Waals surface area contributed by atoms with Gasteiger partial charge in [-0.05, 0) is 56.6 Å². The van der Waals surface area contributed by atoms with Crippen LogP contribution in [-0.2, 0) is 32.1 Å². The van der Waals surface area contributed by atoms with Crippen molar-refractivity contribution >= 4 is 35.0 Å². The minimum atomic E-state index is -2.78. The molecule has 14 heteroatoms. The minimum Gasteiger partial charge on any atom is -0.510 e. The molecule has 0 saturated heterocycles. The van der Waals surface area contributed by atoms with Gasteiger partial charge in [-0.15, -0.1) is 0 Å². The summed E-state index contributed by atoms with van der Waals surface area (Å²) in [5, 5.41) is 57.6. The number of aliphatic hydroxyl groups excluding tert-OH is 2. The number of aliphatic carboxylic acids is 1. The van der Waals surface area contributed by atoms with Crippen LogP contribution < -0.4 is 11.1 Å². The Kier molecular flexibility index (Phi) is 9.19. The Labute approximate surface area is 275 Å². The van der Waals surface area contributed by atoms with Crippen molar-refractivity contribution in [3.63, 3.8) is 0 Å². The second kappa shape index (κ2) is 12.9. The van der Waals surface area contributed by atoms with Gasteiger partial charge in [0.15, 0.2) is 17.1 Å². The fourth-order valence-electron chi connectivity index (χ4n) is 7.36. The van der Waals surface area contributed by atoms with Crippen molar-refractivity contribution in [1.82, 2.24) is 9.80 Å². The van der Waals surface area contributed by atoms with E-state index in [-0.39, 0.29) is 36.2 Å². The maximum Gasteiger partial charge on any atom is 0.305 e. The number of likely N-dealkylation sites (N-methyl/N-ethyl adjacent to an activating group) is 2. The zero-order chi connectivity index (χ0) is 35.2. The van der Waals surface area contributed by atoms with Crippen LogP contribution in [0.3, 0.4) is 0 Å². The third kappa shape index (κ3) is 5.61. The number of hydrogen-bond acceptors (Lipinski definition) is 11. The SMILES string of the molecule is CCN(Cc1ccccc1)C(CC(=O)O)C(=O)Nc1ccc2c(c1O)C(=O)C1=C(O)[C@]3(O)C(=O)C(C(N)=O)=C(O)[C@@H](N(C)C)C3CC1C2. The lowest BCUT2D eigenvalue weighted by Crippen LogP contribution is -2.63. The average molecular weight is 663 g/mol. The van der Waals surface area contributed by atoms with Gasteiger partial charge in [-0.25, -0.2) is 0 Å². The molecule has 0 aromatic heterocycles. The number of nitrogens with two attached hydrogens (primary N) is 1. The molecule has 8 N–H and O–H groups in total. The fraction of sp³-hybridized carbons (Fsp3) is 0.382. The number of aromatic hydroxyl groups is 1. The van der Waals surface area contributed by atoms with Crippen molar-refractivity contribution in [1.29, 1.82) is 0 Å². The summed E-state index contributed by atoms with van der Waals surface area (Å²) in [6.45, 7) is 2.38. The molecule has 14 nitrogen and oxygen atoms in total. The number of allylic oxidation sites excluding steroid dienone is 1. The quantitative estimate of drug-likeness (QED) is 0.142. The van der Waals surface area contributed by atoms with Crippen molar-refractivity contribution in [3.05, 3.63) is 81.8 Å². The number of primary amides is 1. The van der Waals surface area contributed by atoms with Crippen molar-refractivity contribution in [2.24, 2.45) is 17.6 Å². The van der Waals surface area contributed by atoms with Gasteiger partial charge in [0.2, 0.25) is 11.7 Å². The molecule has 254 valence electrons. The first-order valence-corrected chi connectivity index (χ1v) is 15.4. The number of hydrogen-bond donors (Lipinski definition) is 7. The number of ketones is 2. The van der Waals surface area contributed by atoms with Gasteiger partial charge < -0.3 is 36.6 Å². The number of Topliss-reactive ketones (excluding diaryl/α,β-unsaturated/α-hetero) is 2. The molecule has 0 bridgehead atoms. The number of phenols is 1. The fourth-order valence-corrected chi connectivity index (χ4v) is 7.36. The Morgan fingerprint density at radius 3 is 2.31 bits per heavy atom. The largest absolute Gasteiger partial charge is 0.510 e. The van der Waals surface area contributed by atoms with Crippen LogP contribution in [0.4, 0.5) is 5.69 Å². The van der Waals surface area contributed by atoms with E-state index in [9.17, 15) is 49.5 Å². The molecular weight excluding hydrogens is 624 g/mol. The molecule has 0 spiro atoms. The maximum absolute atomic E-state index is 14.0. The summed E-state index contributed by atoms with van der Waals surface area (Å²) in [6, 6.07) is 9.81. The van der Waals surface area contributed by atoms with E-state index in [0.29, 0.717) is 12.1 Å². The highest BCUT2D eigenvalue weighted by Crippen LogP contribution is 2.52. The van der Waals surface area contributed by atoms with Crippen LogP contribution in [0.25, 0.3) is 0 Å². The molecule has 5 atom stereocenters. The molecule has 48 heavy (non-hydrogen) atoms. The molecular formula is C34H38N4O10. The Morgan fingerprint density at radius 2 is 1.73 bits per heavy atom. The van der Waals surface area contributed by atoms with Gasteiger partial charge in [-0.3, -0.25) is 33.8 Å². The molecule has 3 aliphatic rings. The lowest BCUT2D eigenvalue weighted by atomic mass is 9.58. The van der Waals surface area contributed by atoms with Crippen LogP contribution in [0.15, 0.2) is 65.1 Å². The highest BCUT2D eigenvalue weighted by molar-refractivity contribution is 6.25. The van der Waals surface area contributed by atoms with Gasteiger partial charge in [0.05, 0.1) is 23.7 Å². The van der Waals surface area contributed by atoms with Crippen molar-refractivity contribution in [3.8, 4) is 5.75 Å². The topological polar surface area (TPSA) is 231 Å². The highest BCUT2D eigenvalue weighted by atomic mass is 16.4. The summed E-state index contributed by atoms with van der Waals surface area (Å²) in [4.78, 5) is 68.1. The summed E-state index contributed by atoms with van der Waals surface area (Å²) in [7, 11) is 3.09. The first-order valence-electron chi connectivity index (χ1n) is 15.4. The summed E-state index contributed by atoms with van der Waals surface area (Å²) < 4.78 is 0. The van der Waals surface area contributed by atoms with Crippen molar-refractivity contribution in [2.75, 3.05) is 26.0 Å². The second-order valence-corrected chi connectivity index (χ2v) is 12.6. The Hall–Kier alpha value is -5.05. The first kappa shape index (κ1) is 34.3. The number of carbonyl (C=O) groups is 5. The van der Waals surface area contributed by atoms with E-state index >= 15 is 0 Å². The first-order chi connectivity index (χ1) is 22.6. The number of rotatable bonds is 10. The molecule has 2 aromatic carbocycles. The number of nitrogens with one attached hydrogen (secondary N) is 1. The molecule has 0 aliphatic heterocycles. The molecule has 3 aliphatic carbocycles. The third-order valence-electron chi connectivity index (χ3n) is 9.60. The number of fused-ring (bicyclic) bond motifs is 3. The number of phenolic OH excluding ortho intramolecular Hbond substituents is 1. The molecule has 0 fully saturated rings. The van der Waals surface area contributed by atoms with Crippen LogP contribution in [-0.4, -0.2) is 103 Å². The molecule has 2 amide bonds. The maximum atomic E-state index is 14.0. The van der Waals surface area contributed by atoms with Crippen molar-refractivity contribution in [2.45, 2.75) is 50.4 Å². The van der Waals surface area contributed by atoms with E-state index in [1.165, 1.54) is 17.0 Å². The number of carboxylic acids is 1. The third-order valence-corrected chi connectivity index (χ3v) is 9.60. The van der Waals surface area contributed by atoms with E-state index in [2.05, 4.69) is 5.32 Å². The lowest BCUT2D eigenvalue weighted by molar-refractivity contribution is -0.148. The predicted octanol–water partition coefficient (Wildman–Crippen LogP) is 1.42. The average Bonchev–Trinajstić information content (AvgIpc) is 3.02. The normalized spacial score (nSPS) is 24.2. The number of carboxylic acid groups (broad SMARTS) is 1. The van der Waals surface area contributed by atoms with E-state index in [0.717, 1.165) is 5.56 Å². The summed E-state index contributed by atoms with van der Waals surface area (Å²) in [6.07, 6.45) is -0.520. The van der Waals surface area contributed by atoms with Crippen molar-refractivity contribution < 1.29 is 49.5 Å². The van der Waals surface area contributed by atoms with Crippen LogP contribution >= 0.6 is 0 Å². The monoisotopic (exact) mass is 662 g/mol. The lowest BCUT2D eigenvalue weighted by Gasteiger charge is -2.50. The molecule has 2 aromatic rings. The number of amides is 2. The number of carbonyl (C=O) groups excluding carboxylic acids is 4. The van der Waals surface area contributed by atoms with Gasteiger partial charge in [-0.1, -0.05) is 43.3 Å². The summed E-state index contributed by atoms with van der Waals surface area (Å²) >= 11 is 0. The van der Waals surface area contributed by atoms with E-state index in [4.69, 9.17) is 5.73 Å². The van der Waals surface area contributed by atoms with Gasteiger partial charge in [-0.2, -0.15) is 0 Å². The van der Waals surface area contributed by atoms with Gasteiger partial charge in [0.1, 0.15) is 23.1 Å². The molecule has 0 heterocycles. The molecule has 0 radical (unpaired) electrons. The number of benzene rings is 2. The Bertz CT molecular complexity index is 1770. The number of anilines is 1. The number of aliphatic hydroxyl groups is 3. The van der Waals surface area contributed by atoms with E-state index in [1.54, 1.807) is 25.9 Å². The predicted molar refractivity (Wildman–Crippen MR) is 171 cm³/mol. The smallest absolute Gasteiger partial charge is 0.305 e. The van der Waals surface area contributed by atoms with E-state index < -0.39 is 88.1 Å². The summed E-state index contributed by atoms with van der Waals surface area (Å²) in [5.41, 5.74) is 2.11. The zero-order valence-electron chi connectivity index (χ0n) is 26.6. The van der Waals surface area contributed by atoms with Crippen LogP contribution in [0.1, 0.15) is 41.3 Å². The molecule has 0 saturated carbocycles. The Morgan fingerprint density at radius 1 is 1.06 bits per heavy atom. The van der Waals surface area contributed by atoms with Gasteiger partial charge in [0, 0.05) is 18.0 Å². The molecule has 5 rings (SSSR count). The standard InChI is InChI=1S/C34H38N4O10/c1-4-38(15-16-8-6-5-7-9-16)21(14-22(39)40)33(47)36-20-11-10-17-12-18-13-19-26(37(2)3)29(43)25(32(35)46)31(45)34(19,48)30(44)24(18)28(42)23(17)27(20)41/h5-11,18-19,21,26,41,43-44,48H,4,12-15H2,1-3H3,(H2,35,46)(H,36,47)(H,39,40)/t18?,19?,21?,26-,34-/m0/s1. The van der Waals surface area contributed by atoms with Crippen LogP contribution in [0.5, 0.6) is 5.75 Å². The van der Waals surface area contributed by atoms with Gasteiger partial charge >= 0.3 is 5.97 Å². The second-order valence-electron chi connectivity index (χ2n) is 12.6. The summed E-state index contributed by atoms with van der Waals surface area (Å²) in [5.74, 6) is -9.73.